The molecule has 1 aromatic carbocycles. The van der Waals surface area contributed by atoms with Crippen LogP contribution in [0.5, 0.6) is 0 Å². The SMILES string of the molecule is O=C1c2ccccc2C(=O)N1C(=S)S. The van der Waals surface area contributed by atoms with Crippen molar-refractivity contribution >= 4 is 41.0 Å². The Hall–Kier alpha value is -1.20. The number of amides is 2. The Bertz CT molecular complexity index is 421. The van der Waals surface area contributed by atoms with Crippen molar-refractivity contribution in [2.45, 2.75) is 0 Å². The summed E-state index contributed by atoms with van der Waals surface area (Å²) in [6, 6.07) is 6.60. The number of benzene rings is 1. The fourth-order valence-corrected chi connectivity index (χ4v) is 1.71. The number of thiol groups is 1. The molecule has 0 N–H and O–H groups in total. The van der Waals surface area contributed by atoms with Crippen molar-refractivity contribution < 1.29 is 9.59 Å². The Morgan fingerprint density at radius 3 is 1.93 bits per heavy atom. The Morgan fingerprint density at radius 1 is 1.14 bits per heavy atom. The zero-order valence-corrected chi connectivity index (χ0v) is 8.64. The molecule has 1 aliphatic heterocycles. The van der Waals surface area contributed by atoms with Gasteiger partial charge < -0.3 is 0 Å². The molecule has 1 aliphatic rings. The normalized spacial score (nSPS) is 14.5. The van der Waals surface area contributed by atoms with Gasteiger partial charge in [0, 0.05) is 0 Å². The van der Waals surface area contributed by atoms with E-state index in [1.165, 1.54) is 0 Å². The second-order valence-electron chi connectivity index (χ2n) is 2.77. The van der Waals surface area contributed by atoms with Crippen molar-refractivity contribution in [3.8, 4) is 0 Å². The number of imide groups is 1. The molecule has 1 aromatic rings. The molecule has 0 spiro atoms. The molecular weight excluding hydrogens is 218 g/mol. The topological polar surface area (TPSA) is 37.4 Å². The van der Waals surface area contributed by atoms with Crippen molar-refractivity contribution in [3.63, 3.8) is 0 Å². The van der Waals surface area contributed by atoms with E-state index in [1.54, 1.807) is 24.3 Å². The molecule has 0 saturated heterocycles. The summed E-state index contributed by atoms with van der Waals surface area (Å²) in [6.45, 7) is 0. The molecule has 1 heterocycles. The number of fused-ring (bicyclic) bond motifs is 1. The highest BCUT2D eigenvalue weighted by atomic mass is 32.1. The summed E-state index contributed by atoms with van der Waals surface area (Å²) >= 11 is 8.54. The highest BCUT2D eigenvalue weighted by Crippen LogP contribution is 2.23. The molecule has 2 amide bonds. The molecule has 14 heavy (non-hydrogen) atoms. The minimum absolute atomic E-state index is 0.0174. The van der Waals surface area contributed by atoms with E-state index >= 15 is 0 Å². The molecule has 0 bridgehead atoms. The minimum atomic E-state index is -0.398. The van der Waals surface area contributed by atoms with Crippen LogP contribution in [-0.2, 0) is 0 Å². The first kappa shape index (κ1) is 9.36. The van der Waals surface area contributed by atoms with Crippen molar-refractivity contribution in [1.82, 2.24) is 4.90 Å². The van der Waals surface area contributed by atoms with Gasteiger partial charge in [-0.25, -0.2) is 4.90 Å². The first-order chi connectivity index (χ1) is 6.63. The summed E-state index contributed by atoms with van der Waals surface area (Å²) in [5, 5.41) is 0. The summed E-state index contributed by atoms with van der Waals surface area (Å²) in [6.07, 6.45) is 0. The Labute approximate surface area is 91.1 Å². The van der Waals surface area contributed by atoms with Crippen LogP contribution >= 0.6 is 24.8 Å². The lowest BCUT2D eigenvalue weighted by molar-refractivity contribution is 0.0755. The molecular formula is C9H5NO2S2. The molecule has 0 unspecified atom stereocenters. The van der Waals surface area contributed by atoms with Crippen LogP contribution in [-0.4, -0.2) is 21.0 Å². The molecule has 2 rings (SSSR count). The maximum absolute atomic E-state index is 11.6. The summed E-state index contributed by atoms with van der Waals surface area (Å²) < 4.78 is -0.0174. The summed E-state index contributed by atoms with van der Waals surface area (Å²) in [4.78, 5) is 24.1. The molecule has 0 aromatic heterocycles. The third-order valence-electron chi connectivity index (χ3n) is 1.99. The second-order valence-corrected chi connectivity index (χ2v) is 3.89. The summed E-state index contributed by atoms with van der Waals surface area (Å²) in [7, 11) is 0. The molecule has 0 radical (unpaired) electrons. The van der Waals surface area contributed by atoms with Crippen molar-refractivity contribution in [2.75, 3.05) is 0 Å². The lowest BCUT2D eigenvalue weighted by Gasteiger charge is -2.08. The molecule has 0 aliphatic carbocycles. The van der Waals surface area contributed by atoms with Crippen LogP contribution < -0.4 is 0 Å². The van der Waals surface area contributed by atoms with E-state index < -0.39 is 11.8 Å². The highest BCUT2D eigenvalue weighted by molar-refractivity contribution is 8.11. The minimum Gasteiger partial charge on any atom is -0.268 e. The fourth-order valence-electron chi connectivity index (χ4n) is 1.36. The highest BCUT2D eigenvalue weighted by Gasteiger charge is 2.36. The first-order valence-electron chi connectivity index (χ1n) is 3.83. The molecule has 0 saturated carbocycles. The zero-order chi connectivity index (χ0) is 10.3. The van der Waals surface area contributed by atoms with Gasteiger partial charge in [0.25, 0.3) is 11.8 Å². The Balaban J connectivity index is 2.59. The van der Waals surface area contributed by atoms with Gasteiger partial charge in [0.2, 0.25) is 0 Å². The monoisotopic (exact) mass is 223 g/mol. The second kappa shape index (κ2) is 3.18. The van der Waals surface area contributed by atoms with Gasteiger partial charge in [0.1, 0.15) is 4.32 Å². The number of hydrogen-bond donors (Lipinski definition) is 1. The lowest BCUT2D eigenvalue weighted by Crippen LogP contribution is -2.31. The van der Waals surface area contributed by atoms with E-state index in [1.807, 2.05) is 0 Å². The summed E-state index contributed by atoms with van der Waals surface area (Å²) in [5.41, 5.74) is 0.766. The number of carbonyl (C=O) groups is 2. The van der Waals surface area contributed by atoms with Gasteiger partial charge in [-0.05, 0) is 12.1 Å². The quantitative estimate of drug-likeness (QED) is 0.411. The van der Waals surface area contributed by atoms with Crippen LogP contribution in [0, 0.1) is 0 Å². The van der Waals surface area contributed by atoms with Crippen LogP contribution in [0.15, 0.2) is 24.3 Å². The van der Waals surface area contributed by atoms with Gasteiger partial charge in [-0.1, -0.05) is 24.4 Å². The van der Waals surface area contributed by atoms with Crippen LogP contribution in [0.3, 0.4) is 0 Å². The van der Waals surface area contributed by atoms with E-state index in [0.717, 1.165) is 4.90 Å². The fraction of sp³-hybridized carbons (Fsp3) is 0. The molecule has 0 fully saturated rings. The smallest absolute Gasteiger partial charge is 0.267 e. The third kappa shape index (κ3) is 1.17. The number of hydrogen-bond acceptors (Lipinski definition) is 3. The van der Waals surface area contributed by atoms with Crippen LogP contribution in [0.4, 0.5) is 0 Å². The van der Waals surface area contributed by atoms with Gasteiger partial charge in [0.15, 0.2) is 0 Å². The van der Waals surface area contributed by atoms with Gasteiger partial charge in [-0.3, -0.25) is 9.59 Å². The molecule has 0 atom stereocenters. The number of thiocarbonyl (C=S) groups is 1. The maximum Gasteiger partial charge on any atom is 0.267 e. The van der Waals surface area contributed by atoms with Crippen LogP contribution in [0.2, 0.25) is 0 Å². The number of carbonyl (C=O) groups excluding carboxylic acids is 2. The van der Waals surface area contributed by atoms with E-state index in [-0.39, 0.29) is 4.32 Å². The Kier molecular flexibility index (Phi) is 2.13. The third-order valence-corrected chi connectivity index (χ3v) is 2.37. The van der Waals surface area contributed by atoms with Crippen molar-refractivity contribution in [3.05, 3.63) is 35.4 Å². The standard InChI is InChI=1S/C9H5NO2S2/c11-7-5-3-1-2-4-6(5)8(12)10(7)9(13)14/h1-4H,(H,13,14). The number of nitrogens with zero attached hydrogens (tertiary/aromatic N) is 1. The average molecular weight is 223 g/mol. The average Bonchev–Trinajstić information content (AvgIpc) is 2.41. The predicted molar refractivity (Wildman–Crippen MR) is 58.5 cm³/mol. The molecule has 3 nitrogen and oxygen atoms in total. The van der Waals surface area contributed by atoms with Gasteiger partial charge in [-0.15, -0.1) is 12.6 Å². The van der Waals surface area contributed by atoms with Gasteiger partial charge in [-0.2, -0.15) is 0 Å². The predicted octanol–water partition coefficient (Wildman–Crippen LogP) is 1.50. The van der Waals surface area contributed by atoms with E-state index in [9.17, 15) is 9.59 Å². The van der Waals surface area contributed by atoms with Crippen molar-refractivity contribution in [1.29, 1.82) is 0 Å². The summed E-state index contributed by atoms with van der Waals surface area (Å²) in [5.74, 6) is -0.795. The molecule has 70 valence electrons. The largest absolute Gasteiger partial charge is 0.268 e. The van der Waals surface area contributed by atoms with Crippen LogP contribution in [0.25, 0.3) is 0 Å². The van der Waals surface area contributed by atoms with E-state index in [0.29, 0.717) is 11.1 Å². The zero-order valence-electron chi connectivity index (χ0n) is 6.93. The van der Waals surface area contributed by atoms with Gasteiger partial charge >= 0.3 is 0 Å². The first-order valence-corrected chi connectivity index (χ1v) is 4.69. The van der Waals surface area contributed by atoms with Crippen LogP contribution in [0.1, 0.15) is 20.7 Å². The maximum atomic E-state index is 11.6. The van der Waals surface area contributed by atoms with Crippen molar-refractivity contribution in [2.24, 2.45) is 0 Å². The molecule has 5 heteroatoms. The Morgan fingerprint density at radius 2 is 1.57 bits per heavy atom. The van der Waals surface area contributed by atoms with E-state index in [2.05, 4.69) is 12.6 Å². The lowest BCUT2D eigenvalue weighted by atomic mass is 10.1. The number of rotatable bonds is 0. The van der Waals surface area contributed by atoms with E-state index in [4.69, 9.17) is 12.2 Å². The van der Waals surface area contributed by atoms with Gasteiger partial charge in [0.05, 0.1) is 11.1 Å².